The van der Waals surface area contributed by atoms with Crippen molar-refractivity contribution in [3.63, 3.8) is 0 Å². The summed E-state index contributed by atoms with van der Waals surface area (Å²) >= 11 is 0. The highest BCUT2D eigenvalue weighted by Crippen LogP contribution is 2.22. The molecule has 0 aliphatic heterocycles. The van der Waals surface area contributed by atoms with Gasteiger partial charge in [0.2, 0.25) is 0 Å². The summed E-state index contributed by atoms with van der Waals surface area (Å²) in [5.41, 5.74) is 0.182. The van der Waals surface area contributed by atoms with Crippen LogP contribution in [0.2, 0.25) is 0 Å². The van der Waals surface area contributed by atoms with Gasteiger partial charge in [-0.05, 0) is 32.5 Å². The fourth-order valence-electron chi connectivity index (χ4n) is 2.42. The van der Waals surface area contributed by atoms with Gasteiger partial charge in [-0.2, -0.15) is 0 Å². The molecule has 0 fully saturated rings. The molecule has 0 heterocycles. The van der Waals surface area contributed by atoms with E-state index in [0.29, 0.717) is 12.5 Å². The Balaban J connectivity index is 2.71. The molecule has 1 N–H and O–H groups in total. The van der Waals surface area contributed by atoms with Crippen LogP contribution in [0.4, 0.5) is 0 Å². The number of nitrogens with zero attached hydrogens (tertiary/aromatic N) is 2. The van der Waals surface area contributed by atoms with Gasteiger partial charge in [0.15, 0.2) is 0 Å². The highest BCUT2D eigenvalue weighted by Gasteiger charge is 2.26. The van der Waals surface area contributed by atoms with Crippen LogP contribution in [0, 0.1) is 5.92 Å². The third kappa shape index (κ3) is 6.04. The largest absolute Gasteiger partial charge is 0.384 e. The summed E-state index contributed by atoms with van der Waals surface area (Å²) in [7, 11) is 4.17. The van der Waals surface area contributed by atoms with Gasteiger partial charge in [-0.1, -0.05) is 44.2 Å². The summed E-state index contributed by atoms with van der Waals surface area (Å²) in [6, 6.07) is 9.95. The first-order valence-electron chi connectivity index (χ1n) is 7.46. The van der Waals surface area contributed by atoms with E-state index in [-0.39, 0.29) is 0 Å². The minimum Gasteiger partial charge on any atom is -0.384 e. The van der Waals surface area contributed by atoms with Crippen molar-refractivity contribution < 1.29 is 5.11 Å². The molecule has 0 saturated heterocycles. The Morgan fingerprint density at radius 3 is 2.20 bits per heavy atom. The molecule has 0 aliphatic rings. The number of hydrogen-bond acceptors (Lipinski definition) is 3. The number of aliphatic hydroxyl groups is 1. The molecular formula is C17H30N2O. The summed E-state index contributed by atoms with van der Waals surface area (Å²) in [6.45, 7) is 10.0. The fourth-order valence-corrected chi connectivity index (χ4v) is 2.42. The first kappa shape index (κ1) is 17.2. The highest BCUT2D eigenvalue weighted by atomic mass is 16.3. The Bertz CT molecular complexity index is 374. The fraction of sp³-hybridized carbons (Fsp3) is 0.647. The number of likely N-dealkylation sites (N-methyl/N-ethyl adjacent to an activating group) is 1. The molecule has 3 heteroatoms. The van der Waals surface area contributed by atoms with Gasteiger partial charge in [-0.25, -0.2) is 0 Å². The number of rotatable bonds is 8. The molecule has 114 valence electrons. The van der Waals surface area contributed by atoms with Crippen LogP contribution in [-0.2, 0) is 5.60 Å². The van der Waals surface area contributed by atoms with Gasteiger partial charge in [0.25, 0.3) is 0 Å². The van der Waals surface area contributed by atoms with Gasteiger partial charge in [0.05, 0.1) is 5.60 Å². The lowest BCUT2D eigenvalue weighted by Gasteiger charge is -2.33. The molecule has 0 amide bonds. The van der Waals surface area contributed by atoms with Crippen molar-refractivity contribution in [2.45, 2.75) is 26.4 Å². The van der Waals surface area contributed by atoms with E-state index in [4.69, 9.17) is 0 Å². The minimum absolute atomic E-state index is 0.601. The summed E-state index contributed by atoms with van der Waals surface area (Å²) < 4.78 is 0. The molecule has 0 radical (unpaired) electrons. The Labute approximate surface area is 124 Å². The SMILES string of the molecule is CC(C)CN(CCN(C)C)CC(C)(O)c1ccccc1. The van der Waals surface area contributed by atoms with Crippen LogP contribution in [0.3, 0.4) is 0 Å². The molecule has 1 aromatic rings. The van der Waals surface area contributed by atoms with Crippen molar-refractivity contribution in [1.82, 2.24) is 9.80 Å². The smallest absolute Gasteiger partial charge is 0.0994 e. The summed E-state index contributed by atoms with van der Waals surface area (Å²) in [5.74, 6) is 0.601. The molecule has 20 heavy (non-hydrogen) atoms. The van der Waals surface area contributed by atoms with Crippen molar-refractivity contribution in [3.8, 4) is 0 Å². The molecule has 3 nitrogen and oxygen atoms in total. The van der Waals surface area contributed by atoms with E-state index in [1.165, 1.54) is 0 Å². The van der Waals surface area contributed by atoms with Crippen molar-refractivity contribution in [1.29, 1.82) is 0 Å². The van der Waals surface area contributed by atoms with E-state index in [0.717, 1.165) is 25.2 Å². The topological polar surface area (TPSA) is 26.7 Å². The second-order valence-corrected chi connectivity index (χ2v) is 6.57. The van der Waals surface area contributed by atoms with E-state index >= 15 is 0 Å². The lowest BCUT2D eigenvalue weighted by Crippen LogP contribution is -2.43. The summed E-state index contributed by atoms with van der Waals surface area (Å²) in [5, 5.41) is 10.8. The molecule has 1 unspecified atom stereocenters. The lowest BCUT2D eigenvalue weighted by atomic mass is 9.95. The maximum Gasteiger partial charge on any atom is 0.0994 e. The number of benzene rings is 1. The zero-order valence-electron chi connectivity index (χ0n) is 13.6. The van der Waals surface area contributed by atoms with Gasteiger partial charge in [0, 0.05) is 26.2 Å². The third-order valence-corrected chi connectivity index (χ3v) is 3.41. The van der Waals surface area contributed by atoms with Crippen LogP contribution < -0.4 is 0 Å². The Kier molecular flexibility index (Phi) is 6.66. The Morgan fingerprint density at radius 1 is 1.10 bits per heavy atom. The van der Waals surface area contributed by atoms with Crippen LogP contribution >= 0.6 is 0 Å². The normalized spacial score (nSPS) is 15.1. The Morgan fingerprint density at radius 2 is 1.70 bits per heavy atom. The van der Waals surface area contributed by atoms with Crippen LogP contribution in [0.1, 0.15) is 26.3 Å². The van der Waals surface area contributed by atoms with Crippen LogP contribution in [0.5, 0.6) is 0 Å². The maximum absolute atomic E-state index is 10.8. The van der Waals surface area contributed by atoms with Crippen molar-refractivity contribution >= 4 is 0 Å². The summed E-state index contributed by atoms with van der Waals surface area (Å²) in [6.07, 6.45) is 0. The predicted octanol–water partition coefficient (Wildman–Crippen LogP) is 2.41. The van der Waals surface area contributed by atoms with Gasteiger partial charge < -0.3 is 10.0 Å². The molecule has 0 saturated carbocycles. The van der Waals surface area contributed by atoms with Crippen LogP contribution in [-0.4, -0.2) is 55.2 Å². The van der Waals surface area contributed by atoms with E-state index in [2.05, 4.69) is 37.7 Å². The number of hydrogen-bond donors (Lipinski definition) is 1. The van der Waals surface area contributed by atoms with Crippen molar-refractivity contribution in [2.24, 2.45) is 5.92 Å². The predicted molar refractivity (Wildman–Crippen MR) is 85.8 cm³/mol. The molecule has 0 spiro atoms. The van der Waals surface area contributed by atoms with E-state index < -0.39 is 5.60 Å². The quantitative estimate of drug-likeness (QED) is 0.791. The third-order valence-electron chi connectivity index (χ3n) is 3.41. The van der Waals surface area contributed by atoms with Gasteiger partial charge in [0.1, 0.15) is 0 Å². The van der Waals surface area contributed by atoms with Gasteiger partial charge >= 0.3 is 0 Å². The molecule has 0 bridgehead atoms. The van der Waals surface area contributed by atoms with Crippen LogP contribution in [0.25, 0.3) is 0 Å². The molecule has 1 atom stereocenters. The maximum atomic E-state index is 10.8. The molecule has 0 aliphatic carbocycles. The lowest BCUT2D eigenvalue weighted by molar-refractivity contribution is 0.0111. The second-order valence-electron chi connectivity index (χ2n) is 6.57. The molecule has 1 aromatic carbocycles. The minimum atomic E-state index is -0.803. The monoisotopic (exact) mass is 278 g/mol. The average Bonchev–Trinajstić information content (AvgIpc) is 2.36. The molecular weight excluding hydrogens is 248 g/mol. The molecule has 1 rings (SSSR count). The van der Waals surface area contributed by atoms with E-state index in [1.54, 1.807) is 0 Å². The van der Waals surface area contributed by atoms with Gasteiger partial charge in [-0.15, -0.1) is 0 Å². The Hall–Kier alpha value is -0.900. The van der Waals surface area contributed by atoms with E-state index in [9.17, 15) is 5.11 Å². The van der Waals surface area contributed by atoms with Crippen LogP contribution in [0.15, 0.2) is 30.3 Å². The zero-order chi connectivity index (χ0) is 15.2. The van der Waals surface area contributed by atoms with Gasteiger partial charge in [-0.3, -0.25) is 4.90 Å². The second kappa shape index (κ2) is 7.77. The van der Waals surface area contributed by atoms with Crippen molar-refractivity contribution in [2.75, 3.05) is 40.3 Å². The highest BCUT2D eigenvalue weighted by molar-refractivity contribution is 5.21. The van der Waals surface area contributed by atoms with E-state index in [1.807, 2.05) is 37.3 Å². The average molecular weight is 278 g/mol. The standard InChI is InChI=1S/C17H30N2O/c1-15(2)13-19(12-11-18(4)5)14-17(3,20)16-9-7-6-8-10-16/h6-10,15,20H,11-14H2,1-5H3. The molecule has 0 aromatic heterocycles. The zero-order valence-corrected chi connectivity index (χ0v) is 13.6. The first-order chi connectivity index (χ1) is 9.31. The summed E-state index contributed by atoms with van der Waals surface area (Å²) in [4.78, 5) is 4.54. The van der Waals surface area contributed by atoms with Crippen molar-refractivity contribution in [3.05, 3.63) is 35.9 Å². The first-order valence-corrected chi connectivity index (χ1v) is 7.46.